The third-order valence-electron chi connectivity index (χ3n) is 2.14. The Hall–Kier alpha value is -1.49. The van der Waals surface area contributed by atoms with E-state index in [-0.39, 0.29) is 0 Å². The van der Waals surface area contributed by atoms with Crippen molar-refractivity contribution in [2.24, 2.45) is 0 Å². The van der Waals surface area contributed by atoms with Gasteiger partial charge in [0.2, 0.25) is 0 Å². The van der Waals surface area contributed by atoms with E-state index >= 15 is 0 Å². The van der Waals surface area contributed by atoms with Crippen LogP contribution in [-0.2, 0) is 4.79 Å². The zero-order valence-electron chi connectivity index (χ0n) is 10.1. The Balaban J connectivity index is 2.79. The molecule has 0 aliphatic heterocycles. The average Bonchev–Trinajstić information content (AvgIpc) is 2.37. The van der Waals surface area contributed by atoms with E-state index in [1.54, 1.807) is 25.3 Å². The standard InChI is InChI=1S/C13H15BrO4/c1-17-12-9-10(4-6-13(15)16)3-5-11(12)18-8-2-7-14/h3-6,9H,2,7-8H2,1H3,(H,15,16)/b6-4+. The van der Waals surface area contributed by atoms with Crippen molar-refractivity contribution >= 4 is 28.0 Å². The Bertz CT molecular complexity index is 429. The van der Waals surface area contributed by atoms with Crippen molar-refractivity contribution in [1.82, 2.24) is 0 Å². The predicted molar refractivity (Wildman–Crippen MR) is 73.6 cm³/mol. The first kappa shape index (κ1) is 14.6. The third-order valence-corrected chi connectivity index (χ3v) is 2.70. The molecule has 0 aromatic heterocycles. The van der Waals surface area contributed by atoms with Crippen molar-refractivity contribution in [3.63, 3.8) is 0 Å². The van der Waals surface area contributed by atoms with Gasteiger partial charge >= 0.3 is 5.97 Å². The molecule has 0 atom stereocenters. The van der Waals surface area contributed by atoms with E-state index in [0.717, 1.165) is 23.4 Å². The molecule has 18 heavy (non-hydrogen) atoms. The van der Waals surface area contributed by atoms with Gasteiger partial charge in [0.05, 0.1) is 13.7 Å². The van der Waals surface area contributed by atoms with Gasteiger partial charge in [-0.05, 0) is 30.2 Å². The summed E-state index contributed by atoms with van der Waals surface area (Å²) in [7, 11) is 1.55. The highest BCUT2D eigenvalue weighted by Crippen LogP contribution is 2.28. The third kappa shape index (κ3) is 4.79. The summed E-state index contributed by atoms with van der Waals surface area (Å²) in [4.78, 5) is 10.4. The molecule has 98 valence electrons. The van der Waals surface area contributed by atoms with Gasteiger partial charge in [-0.2, -0.15) is 0 Å². The second-order valence-electron chi connectivity index (χ2n) is 3.47. The zero-order chi connectivity index (χ0) is 13.4. The van der Waals surface area contributed by atoms with E-state index in [4.69, 9.17) is 14.6 Å². The Morgan fingerprint density at radius 3 is 2.83 bits per heavy atom. The van der Waals surface area contributed by atoms with Crippen molar-refractivity contribution in [3.8, 4) is 11.5 Å². The van der Waals surface area contributed by atoms with Crippen LogP contribution in [0.2, 0.25) is 0 Å². The van der Waals surface area contributed by atoms with Crippen molar-refractivity contribution in [2.75, 3.05) is 19.0 Å². The van der Waals surface area contributed by atoms with Gasteiger partial charge in [0.1, 0.15) is 0 Å². The average molecular weight is 315 g/mol. The smallest absolute Gasteiger partial charge is 0.328 e. The van der Waals surface area contributed by atoms with Crippen LogP contribution in [0.4, 0.5) is 0 Å². The van der Waals surface area contributed by atoms with Crippen LogP contribution >= 0.6 is 15.9 Å². The van der Waals surface area contributed by atoms with Crippen molar-refractivity contribution in [3.05, 3.63) is 29.8 Å². The van der Waals surface area contributed by atoms with Crippen LogP contribution in [0.25, 0.3) is 6.08 Å². The van der Waals surface area contributed by atoms with Gasteiger partial charge in [0.25, 0.3) is 0 Å². The fourth-order valence-corrected chi connectivity index (χ4v) is 1.54. The Morgan fingerprint density at radius 2 is 2.22 bits per heavy atom. The predicted octanol–water partition coefficient (Wildman–Crippen LogP) is 2.96. The molecule has 0 aliphatic rings. The highest BCUT2D eigenvalue weighted by molar-refractivity contribution is 9.09. The molecule has 0 bridgehead atoms. The number of carboxylic acid groups (broad SMARTS) is 1. The summed E-state index contributed by atoms with van der Waals surface area (Å²) in [5.74, 6) is 0.273. The number of alkyl halides is 1. The van der Waals surface area contributed by atoms with E-state index in [1.165, 1.54) is 6.08 Å². The SMILES string of the molecule is COc1cc(/C=C/C(=O)O)ccc1OCCCBr. The maximum absolute atomic E-state index is 10.4. The summed E-state index contributed by atoms with van der Waals surface area (Å²) in [6.45, 7) is 0.603. The number of carboxylic acids is 1. The largest absolute Gasteiger partial charge is 0.493 e. The molecule has 5 heteroatoms. The quantitative estimate of drug-likeness (QED) is 0.477. The Labute approximate surface area is 114 Å². The van der Waals surface area contributed by atoms with Gasteiger partial charge in [0.15, 0.2) is 11.5 Å². The Kier molecular flexibility index (Phi) is 6.28. The Morgan fingerprint density at radius 1 is 1.44 bits per heavy atom. The molecule has 1 aromatic rings. The van der Waals surface area contributed by atoms with Crippen LogP contribution < -0.4 is 9.47 Å². The molecule has 1 rings (SSSR count). The number of aliphatic carboxylic acids is 1. The minimum absolute atomic E-state index is 0.595. The van der Waals surface area contributed by atoms with E-state index in [0.29, 0.717) is 18.1 Å². The zero-order valence-corrected chi connectivity index (χ0v) is 11.6. The first-order chi connectivity index (χ1) is 8.67. The molecule has 0 saturated carbocycles. The van der Waals surface area contributed by atoms with Crippen molar-refractivity contribution < 1.29 is 19.4 Å². The molecule has 4 nitrogen and oxygen atoms in total. The lowest BCUT2D eigenvalue weighted by Gasteiger charge is -2.10. The van der Waals surface area contributed by atoms with Crippen LogP contribution in [0.5, 0.6) is 11.5 Å². The summed E-state index contributed by atoms with van der Waals surface area (Å²) in [6.07, 6.45) is 3.50. The fraction of sp³-hybridized carbons (Fsp3) is 0.308. The van der Waals surface area contributed by atoms with Gasteiger partial charge in [-0.1, -0.05) is 22.0 Å². The number of halogens is 1. The molecule has 0 spiro atoms. The van der Waals surface area contributed by atoms with Crippen LogP contribution in [0.3, 0.4) is 0 Å². The van der Waals surface area contributed by atoms with Crippen LogP contribution in [0.1, 0.15) is 12.0 Å². The van der Waals surface area contributed by atoms with E-state index < -0.39 is 5.97 Å². The van der Waals surface area contributed by atoms with E-state index in [2.05, 4.69) is 15.9 Å². The number of hydrogen-bond donors (Lipinski definition) is 1. The lowest BCUT2D eigenvalue weighted by atomic mass is 10.2. The monoisotopic (exact) mass is 314 g/mol. The number of ether oxygens (including phenoxy) is 2. The molecule has 0 fully saturated rings. The number of benzene rings is 1. The summed E-state index contributed by atoms with van der Waals surface area (Å²) in [5.41, 5.74) is 0.752. The highest BCUT2D eigenvalue weighted by Gasteiger charge is 2.04. The minimum atomic E-state index is -0.980. The van der Waals surface area contributed by atoms with Crippen LogP contribution in [0.15, 0.2) is 24.3 Å². The normalized spacial score (nSPS) is 10.6. The van der Waals surface area contributed by atoms with Crippen LogP contribution in [0, 0.1) is 0 Å². The minimum Gasteiger partial charge on any atom is -0.493 e. The molecule has 0 unspecified atom stereocenters. The second-order valence-corrected chi connectivity index (χ2v) is 4.27. The second kappa shape index (κ2) is 7.76. The molecule has 1 aromatic carbocycles. The maximum Gasteiger partial charge on any atom is 0.328 e. The summed E-state index contributed by atoms with van der Waals surface area (Å²) >= 11 is 3.33. The van der Waals surface area contributed by atoms with Gasteiger partial charge < -0.3 is 14.6 Å². The van der Waals surface area contributed by atoms with Gasteiger partial charge in [0, 0.05) is 11.4 Å². The van der Waals surface area contributed by atoms with Gasteiger partial charge in [-0.15, -0.1) is 0 Å². The molecule has 0 saturated heterocycles. The topological polar surface area (TPSA) is 55.8 Å². The molecule has 0 heterocycles. The molecule has 0 aliphatic carbocycles. The fourth-order valence-electron chi connectivity index (χ4n) is 1.31. The molecular weight excluding hydrogens is 300 g/mol. The van der Waals surface area contributed by atoms with Gasteiger partial charge in [-0.25, -0.2) is 4.79 Å². The first-order valence-corrected chi connectivity index (χ1v) is 6.57. The van der Waals surface area contributed by atoms with Gasteiger partial charge in [-0.3, -0.25) is 0 Å². The van der Waals surface area contributed by atoms with Crippen LogP contribution in [-0.4, -0.2) is 30.1 Å². The van der Waals surface area contributed by atoms with E-state index in [1.807, 2.05) is 0 Å². The number of hydrogen-bond acceptors (Lipinski definition) is 3. The first-order valence-electron chi connectivity index (χ1n) is 5.45. The molecule has 0 radical (unpaired) electrons. The lowest BCUT2D eigenvalue weighted by molar-refractivity contribution is -0.131. The van der Waals surface area contributed by atoms with E-state index in [9.17, 15) is 4.79 Å². The maximum atomic E-state index is 10.4. The van der Waals surface area contributed by atoms with Crippen molar-refractivity contribution in [1.29, 1.82) is 0 Å². The van der Waals surface area contributed by atoms with Crippen molar-refractivity contribution in [2.45, 2.75) is 6.42 Å². The highest BCUT2D eigenvalue weighted by atomic mass is 79.9. The molecule has 1 N–H and O–H groups in total. The number of carbonyl (C=O) groups is 1. The molecule has 0 amide bonds. The molecular formula is C13H15BrO4. The number of rotatable bonds is 7. The summed E-state index contributed by atoms with van der Waals surface area (Å²) in [6, 6.07) is 5.29. The summed E-state index contributed by atoms with van der Waals surface area (Å²) < 4.78 is 10.8. The summed E-state index contributed by atoms with van der Waals surface area (Å²) in [5, 5.41) is 9.44. The lowest BCUT2D eigenvalue weighted by Crippen LogP contribution is -1.99. The number of methoxy groups -OCH3 is 1.